The van der Waals surface area contributed by atoms with E-state index in [1.807, 2.05) is 12.1 Å². The number of nitrogens with one attached hydrogen (secondary N) is 2. The standard InChI is InChI=1S/C26H29F3N6O3S/c27-26(28,29)18-4-8-25(32-14-18)34-22-9-10-35(15-23(22)36)39(37,38)21-5-1-16(2-6-21)17-3-7-24(31-13-17)33-20-11-19(30)12-20/h1-8,13-14,19-20,22-23,36H,9-12,15,30H2,(H,31,33)(H,32,34)/t19?,20?,22-,23+/m1/s1. The van der Waals surface area contributed by atoms with Crippen molar-refractivity contribution in [1.29, 1.82) is 0 Å². The second-order valence-electron chi connectivity index (χ2n) is 9.93. The maximum absolute atomic E-state index is 13.2. The number of aromatic nitrogens is 2. The fourth-order valence-corrected chi connectivity index (χ4v) is 6.21. The monoisotopic (exact) mass is 562 g/mol. The zero-order valence-electron chi connectivity index (χ0n) is 20.8. The van der Waals surface area contributed by atoms with Gasteiger partial charge in [-0.3, -0.25) is 0 Å². The number of halogens is 3. The molecule has 5 N–H and O–H groups in total. The van der Waals surface area contributed by atoms with Gasteiger partial charge >= 0.3 is 6.18 Å². The summed E-state index contributed by atoms with van der Waals surface area (Å²) >= 11 is 0. The van der Waals surface area contributed by atoms with Crippen LogP contribution < -0.4 is 16.4 Å². The maximum Gasteiger partial charge on any atom is 0.417 e. The van der Waals surface area contributed by atoms with Gasteiger partial charge in [-0.1, -0.05) is 12.1 Å². The van der Waals surface area contributed by atoms with Crippen LogP contribution in [0.2, 0.25) is 0 Å². The lowest BCUT2D eigenvalue weighted by Crippen LogP contribution is -2.51. The third kappa shape index (κ3) is 6.16. The molecule has 39 heavy (non-hydrogen) atoms. The van der Waals surface area contributed by atoms with Crippen LogP contribution >= 0.6 is 0 Å². The molecule has 13 heteroatoms. The SMILES string of the molecule is NC1CC(Nc2ccc(-c3ccc(S(=O)(=O)N4CC[C@@H](Nc5ccc(C(F)(F)F)cn5)[C@@H](O)C4)cc3)cn2)C1. The number of nitrogens with two attached hydrogens (primary N) is 1. The third-order valence-corrected chi connectivity index (χ3v) is 8.96. The summed E-state index contributed by atoms with van der Waals surface area (Å²) in [4.78, 5) is 8.30. The van der Waals surface area contributed by atoms with Gasteiger partial charge in [0, 0.05) is 43.1 Å². The van der Waals surface area contributed by atoms with Gasteiger partial charge in [0.2, 0.25) is 10.0 Å². The highest BCUT2D eigenvalue weighted by Gasteiger charge is 2.35. The van der Waals surface area contributed by atoms with E-state index in [-0.39, 0.29) is 36.3 Å². The highest BCUT2D eigenvalue weighted by molar-refractivity contribution is 7.89. The van der Waals surface area contributed by atoms with Gasteiger partial charge in [0.05, 0.1) is 22.6 Å². The molecule has 3 heterocycles. The first-order chi connectivity index (χ1) is 18.5. The third-order valence-electron chi connectivity index (χ3n) is 7.08. The molecular weight excluding hydrogens is 533 g/mol. The molecule has 9 nitrogen and oxygen atoms in total. The fourth-order valence-electron chi connectivity index (χ4n) is 4.73. The first-order valence-corrected chi connectivity index (χ1v) is 14.0. The number of alkyl halides is 3. The molecule has 0 bridgehead atoms. The Morgan fingerprint density at radius 2 is 1.56 bits per heavy atom. The van der Waals surface area contributed by atoms with Crippen LogP contribution in [0.4, 0.5) is 24.8 Å². The lowest BCUT2D eigenvalue weighted by Gasteiger charge is -2.35. The minimum Gasteiger partial charge on any atom is -0.390 e. The Morgan fingerprint density at radius 3 is 2.13 bits per heavy atom. The molecule has 1 saturated carbocycles. The molecule has 1 aliphatic heterocycles. The number of benzene rings is 1. The van der Waals surface area contributed by atoms with Crippen LogP contribution in [0, 0.1) is 0 Å². The molecule has 3 aromatic rings. The number of aliphatic hydroxyl groups excluding tert-OH is 1. The van der Waals surface area contributed by atoms with Gasteiger partial charge in [0.25, 0.3) is 0 Å². The van der Waals surface area contributed by atoms with Crippen LogP contribution in [0.1, 0.15) is 24.8 Å². The molecule has 2 aromatic heterocycles. The Hall–Kier alpha value is -3.26. The number of hydrogen-bond acceptors (Lipinski definition) is 8. The zero-order valence-corrected chi connectivity index (χ0v) is 21.7. The molecule has 0 unspecified atom stereocenters. The van der Waals surface area contributed by atoms with Crippen LogP contribution in [0.25, 0.3) is 11.1 Å². The van der Waals surface area contributed by atoms with Crippen LogP contribution in [0.3, 0.4) is 0 Å². The Labute approximate surface area is 224 Å². The van der Waals surface area contributed by atoms with Gasteiger partial charge in [-0.25, -0.2) is 18.4 Å². The first-order valence-electron chi connectivity index (χ1n) is 12.6. The molecular formula is C26H29F3N6O3S. The van der Waals surface area contributed by atoms with E-state index in [2.05, 4.69) is 20.6 Å². The molecule has 2 fully saturated rings. The summed E-state index contributed by atoms with van der Waals surface area (Å²) in [6, 6.07) is 12.4. The molecule has 1 aliphatic carbocycles. The van der Waals surface area contributed by atoms with Crippen molar-refractivity contribution in [3.63, 3.8) is 0 Å². The Kier molecular flexibility index (Phi) is 7.51. The van der Waals surface area contributed by atoms with Crippen molar-refractivity contribution >= 4 is 21.7 Å². The van der Waals surface area contributed by atoms with Gasteiger partial charge in [0.15, 0.2) is 0 Å². The second kappa shape index (κ2) is 10.7. The smallest absolute Gasteiger partial charge is 0.390 e. The molecule has 1 aromatic carbocycles. The van der Waals surface area contributed by atoms with Gasteiger partial charge < -0.3 is 21.5 Å². The molecule has 0 spiro atoms. The second-order valence-corrected chi connectivity index (χ2v) is 11.9. The van der Waals surface area contributed by atoms with E-state index in [1.54, 1.807) is 18.3 Å². The van der Waals surface area contributed by atoms with Crippen LogP contribution in [-0.2, 0) is 16.2 Å². The average Bonchev–Trinajstić information content (AvgIpc) is 2.89. The van der Waals surface area contributed by atoms with Gasteiger partial charge in [-0.05, 0) is 61.2 Å². The molecule has 5 rings (SSSR count). The minimum absolute atomic E-state index is 0.0989. The number of hydrogen-bond donors (Lipinski definition) is 4. The summed E-state index contributed by atoms with van der Waals surface area (Å²) in [5, 5.41) is 16.8. The van der Waals surface area contributed by atoms with Gasteiger partial charge in [-0.2, -0.15) is 17.5 Å². The van der Waals surface area contributed by atoms with Crippen molar-refractivity contribution in [2.24, 2.45) is 5.73 Å². The van der Waals surface area contributed by atoms with Crippen LogP contribution in [0.5, 0.6) is 0 Å². The number of pyridine rings is 2. The predicted octanol–water partition coefficient (Wildman–Crippen LogP) is 3.30. The largest absolute Gasteiger partial charge is 0.417 e. The number of sulfonamides is 1. The van der Waals surface area contributed by atoms with Crippen LogP contribution in [0.15, 0.2) is 65.8 Å². The summed E-state index contributed by atoms with van der Waals surface area (Å²) in [6.45, 7) is -0.0314. The van der Waals surface area contributed by atoms with Crippen molar-refractivity contribution in [3.05, 3.63) is 66.5 Å². The molecule has 208 valence electrons. The number of aliphatic hydroxyl groups is 1. The van der Waals surface area contributed by atoms with Crippen molar-refractivity contribution in [2.45, 2.75) is 54.6 Å². The van der Waals surface area contributed by atoms with E-state index in [0.29, 0.717) is 12.2 Å². The quantitative estimate of drug-likeness (QED) is 0.345. The van der Waals surface area contributed by atoms with E-state index < -0.39 is 33.9 Å². The van der Waals surface area contributed by atoms with E-state index in [1.165, 1.54) is 22.5 Å². The molecule has 0 amide bonds. The van der Waals surface area contributed by atoms with Gasteiger partial charge in [-0.15, -0.1) is 0 Å². The number of rotatable bonds is 7. The molecule has 2 atom stereocenters. The summed E-state index contributed by atoms with van der Waals surface area (Å²) in [5.74, 6) is 0.935. The summed E-state index contributed by atoms with van der Waals surface area (Å²) in [6.07, 6.45) is -1.05. The summed E-state index contributed by atoms with van der Waals surface area (Å²) in [5.41, 5.74) is 6.59. The summed E-state index contributed by atoms with van der Waals surface area (Å²) < 4.78 is 65.9. The van der Waals surface area contributed by atoms with Gasteiger partial charge in [0.1, 0.15) is 11.6 Å². The highest BCUT2D eigenvalue weighted by Crippen LogP contribution is 2.30. The normalized spacial score (nSPS) is 24.1. The Balaban J connectivity index is 1.19. The van der Waals surface area contributed by atoms with Crippen molar-refractivity contribution in [2.75, 3.05) is 23.7 Å². The minimum atomic E-state index is -4.49. The average molecular weight is 563 g/mol. The van der Waals surface area contributed by atoms with Crippen LogP contribution in [-0.4, -0.2) is 65.1 Å². The number of nitrogens with zero attached hydrogens (tertiary/aromatic N) is 3. The first kappa shape index (κ1) is 27.3. The van der Waals surface area contributed by atoms with E-state index in [0.717, 1.165) is 35.9 Å². The summed E-state index contributed by atoms with van der Waals surface area (Å²) in [7, 11) is -3.86. The number of piperidine rings is 1. The highest BCUT2D eigenvalue weighted by atomic mass is 32.2. The lowest BCUT2D eigenvalue weighted by molar-refractivity contribution is -0.137. The molecule has 2 aliphatic rings. The maximum atomic E-state index is 13.2. The zero-order chi connectivity index (χ0) is 27.8. The molecule has 1 saturated heterocycles. The topological polar surface area (TPSA) is 133 Å². The van der Waals surface area contributed by atoms with E-state index >= 15 is 0 Å². The Morgan fingerprint density at radius 1 is 0.923 bits per heavy atom. The number of β-amino-alcohol motifs (C(OH)–C–C–N with tert-alkyl or cyclic N) is 1. The van der Waals surface area contributed by atoms with E-state index in [9.17, 15) is 26.7 Å². The lowest BCUT2D eigenvalue weighted by atomic mass is 9.88. The fraction of sp³-hybridized carbons (Fsp3) is 0.385. The van der Waals surface area contributed by atoms with Crippen molar-refractivity contribution < 1.29 is 26.7 Å². The van der Waals surface area contributed by atoms with E-state index in [4.69, 9.17) is 5.73 Å². The predicted molar refractivity (Wildman–Crippen MR) is 140 cm³/mol. The molecule has 0 radical (unpaired) electrons. The van der Waals surface area contributed by atoms with Crippen molar-refractivity contribution in [3.8, 4) is 11.1 Å². The Bertz CT molecular complexity index is 1380. The van der Waals surface area contributed by atoms with Crippen molar-refractivity contribution in [1.82, 2.24) is 14.3 Å². The number of anilines is 2.